The summed E-state index contributed by atoms with van der Waals surface area (Å²) in [7, 11) is 0. The molecule has 0 aliphatic carbocycles. The first-order chi connectivity index (χ1) is 10.7. The molecular weight excluding hydrogens is 298 g/mol. The number of H-pyrrole nitrogens is 1. The summed E-state index contributed by atoms with van der Waals surface area (Å²) >= 11 is 5.88. The lowest BCUT2D eigenvalue weighted by atomic mass is 10.2. The molecule has 0 spiro atoms. The molecule has 0 saturated carbocycles. The predicted octanol–water partition coefficient (Wildman–Crippen LogP) is 3.97. The number of aromatic amines is 1. The zero-order chi connectivity index (χ0) is 15.8. The van der Waals surface area contributed by atoms with Gasteiger partial charge < -0.3 is 10.3 Å². The molecule has 0 unspecified atom stereocenters. The van der Waals surface area contributed by atoms with E-state index < -0.39 is 0 Å². The van der Waals surface area contributed by atoms with E-state index in [1.54, 1.807) is 0 Å². The molecule has 22 heavy (non-hydrogen) atoms. The summed E-state index contributed by atoms with van der Waals surface area (Å²) in [6, 6.07) is 7.55. The van der Waals surface area contributed by atoms with Gasteiger partial charge in [0.15, 0.2) is 0 Å². The first-order valence-corrected chi connectivity index (χ1v) is 8.13. The van der Waals surface area contributed by atoms with Crippen LogP contribution in [0.3, 0.4) is 0 Å². The summed E-state index contributed by atoms with van der Waals surface area (Å²) in [5.74, 6) is 0.951. The zero-order valence-electron chi connectivity index (χ0n) is 12.9. The minimum Gasteiger partial charge on any atom is -0.356 e. The lowest BCUT2D eigenvalue weighted by Gasteiger charge is -2.03. The Morgan fingerprint density at radius 3 is 2.77 bits per heavy atom. The van der Waals surface area contributed by atoms with Crippen molar-refractivity contribution in [2.24, 2.45) is 0 Å². The number of hydrogen-bond donors (Lipinski definition) is 2. The van der Waals surface area contributed by atoms with Gasteiger partial charge in [-0.25, -0.2) is 4.98 Å². The van der Waals surface area contributed by atoms with Gasteiger partial charge in [0.1, 0.15) is 5.82 Å². The van der Waals surface area contributed by atoms with Crippen LogP contribution in [0.1, 0.15) is 38.3 Å². The van der Waals surface area contributed by atoms with Crippen LogP contribution in [0.5, 0.6) is 0 Å². The van der Waals surface area contributed by atoms with Crippen LogP contribution in [-0.2, 0) is 11.2 Å². The summed E-state index contributed by atoms with van der Waals surface area (Å²) in [4.78, 5) is 19.2. The van der Waals surface area contributed by atoms with Crippen molar-refractivity contribution in [3.8, 4) is 11.4 Å². The Hall–Kier alpha value is -1.81. The highest BCUT2D eigenvalue weighted by Crippen LogP contribution is 2.18. The molecule has 0 atom stereocenters. The molecule has 1 amide bonds. The van der Waals surface area contributed by atoms with Crippen LogP contribution in [0.15, 0.2) is 30.5 Å². The fourth-order valence-corrected chi connectivity index (χ4v) is 2.33. The van der Waals surface area contributed by atoms with Crippen molar-refractivity contribution in [3.63, 3.8) is 0 Å². The molecule has 118 valence electrons. The van der Waals surface area contributed by atoms with Crippen molar-refractivity contribution >= 4 is 17.5 Å². The number of nitrogens with zero attached hydrogens (tertiary/aromatic N) is 1. The van der Waals surface area contributed by atoms with Gasteiger partial charge in [0.25, 0.3) is 0 Å². The fraction of sp³-hybridized carbons (Fsp3) is 0.412. The average molecular weight is 320 g/mol. The molecule has 2 N–H and O–H groups in total. The maximum atomic E-state index is 11.6. The number of nitrogens with one attached hydrogen (secondary N) is 2. The van der Waals surface area contributed by atoms with Gasteiger partial charge in [-0.15, -0.1) is 0 Å². The SMILES string of the molecule is CCCCCC(=O)NCCc1cnc(-c2ccc(Cl)cc2)[nH]1. The lowest BCUT2D eigenvalue weighted by Crippen LogP contribution is -2.25. The van der Waals surface area contributed by atoms with Crippen LogP contribution >= 0.6 is 11.6 Å². The largest absolute Gasteiger partial charge is 0.356 e. The molecule has 0 radical (unpaired) electrons. The Bertz CT molecular complexity index is 592. The van der Waals surface area contributed by atoms with Gasteiger partial charge in [0, 0.05) is 41.9 Å². The summed E-state index contributed by atoms with van der Waals surface area (Å²) < 4.78 is 0. The first kappa shape index (κ1) is 16.6. The number of unbranched alkanes of at least 4 members (excludes halogenated alkanes) is 2. The molecule has 1 aromatic carbocycles. The summed E-state index contributed by atoms with van der Waals surface area (Å²) in [6.07, 6.45) is 6.39. The molecule has 0 fully saturated rings. The molecule has 5 heteroatoms. The molecule has 4 nitrogen and oxygen atoms in total. The number of halogens is 1. The molecule has 2 rings (SSSR count). The van der Waals surface area contributed by atoms with E-state index in [0.29, 0.717) is 18.0 Å². The van der Waals surface area contributed by atoms with E-state index in [1.165, 1.54) is 0 Å². The van der Waals surface area contributed by atoms with Crippen molar-refractivity contribution in [2.45, 2.75) is 39.0 Å². The third-order valence-corrected chi connectivity index (χ3v) is 3.72. The minimum absolute atomic E-state index is 0.130. The van der Waals surface area contributed by atoms with E-state index in [-0.39, 0.29) is 5.91 Å². The Labute approximate surface area is 136 Å². The summed E-state index contributed by atoms with van der Waals surface area (Å²) in [6.45, 7) is 2.77. The van der Waals surface area contributed by atoms with Crippen LogP contribution in [0.25, 0.3) is 11.4 Å². The van der Waals surface area contributed by atoms with E-state index >= 15 is 0 Å². The quantitative estimate of drug-likeness (QED) is 0.723. The highest BCUT2D eigenvalue weighted by molar-refractivity contribution is 6.30. The first-order valence-electron chi connectivity index (χ1n) is 7.75. The second-order valence-electron chi connectivity index (χ2n) is 5.32. The molecule has 0 aliphatic heterocycles. The second kappa shape index (κ2) is 8.59. The Morgan fingerprint density at radius 1 is 1.27 bits per heavy atom. The maximum Gasteiger partial charge on any atom is 0.220 e. The second-order valence-corrected chi connectivity index (χ2v) is 5.76. The Balaban J connectivity index is 1.78. The molecule has 1 aromatic heterocycles. The van der Waals surface area contributed by atoms with Crippen molar-refractivity contribution in [3.05, 3.63) is 41.2 Å². The zero-order valence-corrected chi connectivity index (χ0v) is 13.6. The fourth-order valence-electron chi connectivity index (χ4n) is 2.20. The number of carbonyl (C=O) groups excluding carboxylic acids is 1. The van der Waals surface area contributed by atoms with Gasteiger partial charge >= 0.3 is 0 Å². The van der Waals surface area contributed by atoms with Crippen LogP contribution in [0.4, 0.5) is 0 Å². The van der Waals surface area contributed by atoms with Crippen molar-refractivity contribution in [1.82, 2.24) is 15.3 Å². The van der Waals surface area contributed by atoms with Gasteiger partial charge in [-0.3, -0.25) is 4.79 Å². The Kier molecular flexibility index (Phi) is 6.46. The molecule has 0 saturated heterocycles. The number of carbonyl (C=O) groups is 1. The van der Waals surface area contributed by atoms with E-state index in [1.807, 2.05) is 30.5 Å². The van der Waals surface area contributed by atoms with Gasteiger partial charge in [-0.05, 0) is 30.7 Å². The minimum atomic E-state index is 0.130. The lowest BCUT2D eigenvalue weighted by molar-refractivity contribution is -0.121. The third-order valence-electron chi connectivity index (χ3n) is 3.47. The number of amides is 1. The van der Waals surface area contributed by atoms with E-state index in [4.69, 9.17) is 11.6 Å². The number of benzene rings is 1. The maximum absolute atomic E-state index is 11.6. The molecule has 2 aromatic rings. The molecule has 0 bridgehead atoms. The normalized spacial score (nSPS) is 10.6. The van der Waals surface area contributed by atoms with Gasteiger partial charge in [0.05, 0.1) is 0 Å². The molecule has 0 aliphatic rings. The van der Waals surface area contributed by atoms with Gasteiger partial charge in [-0.1, -0.05) is 31.4 Å². The average Bonchev–Trinajstić information content (AvgIpc) is 2.97. The van der Waals surface area contributed by atoms with Crippen molar-refractivity contribution in [1.29, 1.82) is 0 Å². The Morgan fingerprint density at radius 2 is 2.05 bits per heavy atom. The monoisotopic (exact) mass is 319 g/mol. The smallest absolute Gasteiger partial charge is 0.220 e. The third kappa shape index (κ3) is 5.19. The van der Waals surface area contributed by atoms with Crippen molar-refractivity contribution in [2.75, 3.05) is 6.54 Å². The van der Waals surface area contributed by atoms with E-state index in [0.717, 1.165) is 42.8 Å². The van der Waals surface area contributed by atoms with Crippen LogP contribution in [0, 0.1) is 0 Å². The van der Waals surface area contributed by atoms with Gasteiger partial charge in [-0.2, -0.15) is 0 Å². The summed E-state index contributed by atoms with van der Waals surface area (Å²) in [5.41, 5.74) is 2.01. The van der Waals surface area contributed by atoms with Crippen molar-refractivity contribution < 1.29 is 4.79 Å². The van der Waals surface area contributed by atoms with Crippen LogP contribution < -0.4 is 5.32 Å². The highest BCUT2D eigenvalue weighted by atomic mass is 35.5. The number of hydrogen-bond acceptors (Lipinski definition) is 2. The number of aromatic nitrogens is 2. The highest BCUT2D eigenvalue weighted by Gasteiger charge is 2.05. The standard InChI is InChI=1S/C17H22ClN3O/c1-2-3-4-5-16(22)19-11-10-15-12-20-17(21-15)13-6-8-14(18)9-7-13/h6-9,12H,2-5,10-11H2,1H3,(H,19,22)(H,20,21). The summed E-state index contributed by atoms with van der Waals surface area (Å²) in [5, 5.41) is 3.65. The molecule has 1 heterocycles. The predicted molar refractivity (Wildman–Crippen MR) is 89.9 cm³/mol. The van der Waals surface area contributed by atoms with Gasteiger partial charge in [0.2, 0.25) is 5.91 Å². The van der Waals surface area contributed by atoms with E-state index in [9.17, 15) is 4.79 Å². The van der Waals surface area contributed by atoms with E-state index in [2.05, 4.69) is 22.2 Å². The van der Waals surface area contributed by atoms with Crippen LogP contribution in [-0.4, -0.2) is 22.4 Å². The molecular formula is C17H22ClN3O. The number of imidazole rings is 1. The number of rotatable bonds is 8. The topological polar surface area (TPSA) is 57.8 Å². The van der Waals surface area contributed by atoms with Crippen LogP contribution in [0.2, 0.25) is 5.02 Å².